The summed E-state index contributed by atoms with van der Waals surface area (Å²) in [5.74, 6) is -0.947. The molecule has 0 aliphatic carbocycles. The van der Waals surface area contributed by atoms with Crippen LogP contribution in [-0.2, 0) is 4.79 Å². The van der Waals surface area contributed by atoms with Crippen LogP contribution in [0.15, 0.2) is 42.9 Å². The van der Waals surface area contributed by atoms with E-state index in [0.717, 1.165) is 22.9 Å². The molecule has 0 radical (unpaired) electrons. The van der Waals surface area contributed by atoms with Crippen LogP contribution in [-0.4, -0.2) is 21.0 Å². The van der Waals surface area contributed by atoms with Gasteiger partial charge in [-0.2, -0.15) is 0 Å². The minimum atomic E-state index is -0.947. The van der Waals surface area contributed by atoms with Crippen molar-refractivity contribution in [2.75, 3.05) is 0 Å². The van der Waals surface area contributed by atoms with E-state index in [2.05, 4.69) is 9.97 Å². The van der Waals surface area contributed by atoms with Gasteiger partial charge in [0.15, 0.2) is 0 Å². The van der Waals surface area contributed by atoms with E-state index < -0.39 is 5.97 Å². The van der Waals surface area contributed by atoms with Gasteiger partial charge in [-0.1, -0.05) is 24.3 Å². The fraction of sp³-hybridized carbons (Fsp3) is 0. The number of hydrogen-bond donors (Lipinski definition) is 2. The van der Waals surface area contributed by atoms with E-state index in [1.54, 1.807) is 18.6 Å². The molecule has 0 fully saturated rings. The number of carbonyl (C=O) groups is 1. The number of benzene rings is 1. The number of nitrogens with zero attached hydrogens (tertiary/aromatic N) is 1. The zero-order valence-electron chi connectivity index (χ0n) is 8.42. The van der Waals surface area contributed by atoms with E-state index in [1.165, 1.54) is 0 Å². The molecule has 80 valence electrons. The lowest BCUT2D eigenvalue weighted by atomic mass is 10.1. The molecule has 0 spiro atoms. The maximum Gasteiger partial charge on any atom is 0.328 e. The lowest BCUT2D eigenvalue weighted by Crippen LogP contribution is -1.85. The number of imidazole rings is 1. The second-order valence-corrected chi connectivity index (χ2v) is 3.26. The van der Waals surface area contributed by atoms with Crippen LogP contribution in [0.5, 0.6) is 0 Å². The summed E-state index contributed by atoms with van der Waals surface area (Å²) in [5.41, 5.74) is 2.81. The van der Waals surface area contributed by atoms with Crippen LogP contribution in [0.4, 0.5) is 0 Å². The highest BCUT2D eigenvalue weighted by Crippen LogP contribution is 2.16. The summed E-state index contributed by atoms with van der Waals surface area (Å²) < 4.78 is 0. The summed E-state index contributed by atoms with van der Waals surface area (Å²) in [4.78, 5) is 17.3. The number of aliphatic carboxylic acids is 1. The van der Waals surface area contributed by atoms with Gasteiger partial charge in [0, 0.05) is 6.08 Å². The Morgan fingerprint density at radius 2 is 2.06 bits per heavy atom. The fourth-order valence-corrected chi connectivity index (χ4v) is 1.36. The molecule has 0 aliphatic heterocycles. The molecule has 2 N–H and O–H groups in total. The molecular weight excluding hydrogens is 204 g/mol. The average molecular weight is 214 g/mol. The van der Waals surface area contributed by atoms with Crippen molar-refractivity contribution < 1.29 is 9.90 Å². The topological polar surface area (TPSA) is 66.0 Å². The highest BCUT2D eigenvalue weighted by atomic mass is 16.4. The number of H-pyrrole nitrogens is 1. The molecule has 1 aromatic heterocycles. The molecule has 0 saturated heterocycles. The number of carboxylic acid groups (broad SMARTS) is 1. The first kappa shape index (κ1) is 10.2. The van der Waals surface area contributed by atoms with Crippen molar-refractivity contribution in [3.8, 4) is 11.3 Å². The lowest BCUT2D eigenvalue weighted by molar-refractivity contribution is -0.131. The van der Waals surface area contributed by atoms with Crippen LogP contribution in [0.2, 0.25) is 0 Å². The Hall–Kier alpha value is -2.36. The van der Waals surface area contributed by atoms with Gasteiger partial charge in [-0.05, 0) is 17.2 Å². The Labute approximate surface area is 92.3 Å². The Bertz CT molecular complexity index is 498. The smallest absolute Gasteiger partial charge is 0.328 e. The molecule has 1 heterocycles. The molecule has 4 heteroatoms. The van der Waals surface area contributed by atoms with E-state index in [0.29, 0.717) is 0 Å². The first-order valence-electron chi connectivity index (χ1n) is 4.75. The van der Waals surface area contributed by atoms with Crippen LogP contribution in [0.3, 0.4) is 0 Å². The summed E-state index contributed by atoms with van der Waals surface area (Å²) in [5, 5.41) is 8.48. The van der Waals surface area contributed by atoms with Gasteiger partial charge in [-0.15, -0.1) is 0 Å². The number of aromatic amines is 1. The molecule has 0 atom stereocenters. The van der Waals surface area contributed by atoms with Crippen molar-refractivity contribution in [3.63, 3.8) is 0 Å². The third kappa shape index (κ3) is 2.36. The zero-order chi connectivity index (χ0) is 11.4. The van der Waals surface area contributed by atoms with Crippen LogP contribution in [0.25, 0.3) is 17.3 Å². The molecule has 0 aliphatic rings. The summed E-state index contributed by atoms with van der Waals surface area (Å²) in [6.07, 6.45) is 6.03. The van der Waals surface area contributed by atoms with Crippen molar-refractivity contribution in [2.24, 2.45) is 0 Å². The van der Waals surface area contributed by atoms with Gasteiger partial charge in [-0.25, -0.2) is 9.78 Å². The first-order valence-corrected chi connectivity index (χ1v) is 4.75. The highest BCUT2D eigenvalue weighted by molar-refractivity contribution is 5.85. The molecule has 0 amide bonds. The van der Waals surface area contributed by atoms with E-state index in [4.69, 9.17) is 5.11 Å². The standard InChI is InChI=1S/C12H10N2O2/c15-12(16)6-3-9-1-4-10(5-2-9)11-7-13-8-14-11/h1-8H,(H,13,14)(H,15,16). The van der Waals surface area contributed by atoms with Crippen LogP contribution in [0, 0.1) is 0 Å². The summed E-state index contributed by atoms with van der Waals surface area (Å²) in [6.45, 7) is 0. The van der Waals surface area contributed by atoms with Gasteiger partial charge in [-0.3, -0.25) is 0 Å². The normalized spacial score (nSPS) is 10.8. The SMILES string of the molecule is O=C(O)C=Cc1ccc(-c2cnc[nH]2)cc1. The monoisotopic (exact) mass is 214 g/mol. The Morgan fingerprint density at radius 3 is 2.62 bits per heavy atom. The molecule has 0 unspecified atom stereocenters. The number of hydrogen-bond acceptors (Lipinski definition) is 2. The van der Waals surface area contributed by atoms with Crippen molar-refractivity contribution >= 4 is 12.0 Å². The molecule has 2 aromatic rings. The molecule has 0 bridgehead atoms. The quantitative estimate of drug-likeness (QED) is 0.769. The van der Waals surface area contributed by atoms with E-state index in [9.17, 15) is 4.79 Å². The van der Waals surface area contributed by atoms with Crippen LogP contribution >= 0.6 is 0 Å². The average Bonchev–Trinajstić information content (AvgIpc) is 2.80. The molecular formula is C12H10N2O2. The van der Waals surface area contributed by atoms with E-state index in [1.807, 2.05) is 24.3 Å². The van der Waals surface area contributed by atoms with E-state index in [-0.39, 0.29) is 0 Å². The van der Waals surface area contributed by atoms with Crippen molar-refractivity contribution in [1.82, 2.24) is 9.97 Å². The molecule has 0 saturated carbocycles. The van der Waals surface area contributed by atoms with Gasteiger partial charge >= 0.3 is 5.97 Å². The van der Waals surface area contributed by atoms with Gasteiger partial charge in [0.05, 0.1) is 18.2 Å². The number of carboxylic acids is 1. The molecule has 16 heavy (non-hydrogen) atoms. The largest absolute Gasteiger partial charge is 0.478 e. The van der Waals surface area contributed by atoms with Gasteiger partial charge < -0.3 is 10.1 Å². The van der Waals surface area contributed by atoms with Crippen LogP contribution < -0.4 is 0 Å². The first-order chi connectivity index (χ1) is 7.75. The Balaban J connectivity index is 2.20. The maximum absolute atomic E-state index is 10.3. The molecule has 1 aromatic carbocycles. The van der Waals surface area contributed by atoms with Gasteiger partial charge in [0.2, 0.25) is 0 Å². The van der Waals surface area contributed by atoms with E-state index >= 15 is 0 Å². The zero-order valence-corrected chi connectivity index (χ0v) is 8.42. The summed E-state index contributed by atoms with van der Waals surface area (Å²) in [7, 11) is 0. The number of aromatic nitrogens is 2. The fourth-order valence-electron chi connectivity index (χ4n) is 1.36. The number of nitrogens with one attached hydrogen (secondary N) is 1. The molecule has 4 nitrogen and oxygen atoms in total. The second-order valence-electron chi connectivity index (χ2n) is 3.26. The number of rotatable bonds is 3. The molecule has 2 rings (SSSR count). The van der Waals surface area contributed by atoms with Gasteiger partial charge in [0.1, 0.15) is 0 Å². The summed E-state index contributed by atoms with van der Waals surface area (Å²) >= 11 is 0. The minimum absolute atomic E-state index is 0.852. The predicted molar refractivity (Wildman–Crippen MR) is 60.7 cm³/mol. The van der Waals surface area contributed by atoms with Crippen molar-refractivity contribution in [1.29, 1.82) is 0 Å². The Kier molecular flexibility index (Phi) is 2.82. The summed E-state index contributed by atoms with van der Waals surface area (Å²) in [6, 6.07) is 7.54. The van der Waals surface area contributed by atoms with Crippen molar-refractivity contribution in [2.45, 2.75) is 0 Å². The lowest BCUT2D eigenvalue weighted by Gasteiger charge is -1.97. The van der Waals surface area contributed by atoms with Gasteiger partial charge in [0.25, 0.3) is 0 Å². The minimum Gasteiger partial charge on any atom is -0.478 e. The van der Waals surface area contributed by atoms with Crippen molar-refractivity contribution in [3.05, 3.63) is 48.4 Å². The third-order valence-electron chi connectivity index (χ3n) is 2.14. The predicted octanol–water partition coefficient (Wildman–Crippen LogP) is 2.17. The Morgan fingerprint density at radius 1 is 1.31 bits per heavy atom. The second kappa shape index (κ2) is 4.44. The third-order valence-corrected chi connectivity index (χ3v) is 2.14. The highest BCUT2D eigenvalue weighted by Gasteiger charge is 1.97. The van der Waals surface area contributed by atoms with Crippen LogP contribution in [0.1, 0.15) is 5.56 Å². The maximum atomic E-state index is 10.3.